The fourth-order valence-corrected chi connectivity index (χ4v) is 2.22. The minimum absolute atomic E-state index is 0.0324. The molecule has 0 bridgehead atoms. The van der Waals surface area contributed by atoms with E-state index >= 15 is 0 Å². The largest absolute Gasteiger partial charge is 0.481 e. The maximum Gasteiger partial charge on any atom is 0.315 e. The van der Waals surface area contributed by atoms with E-state index in [2.05, 4.69) is 17.6 Å². The lowest BCUT2D eigenvalue weighted by molar-refractivity contribution is -0.136. The number of carbonyl (C=O) groups excluding carboxylic acids is 1. The molecule has 1 rings (SSSR count). The smallest absolute Gasteiger partial charge is 0.315 e. The summed E-state index contributed by atoms with van der Waals surface area (Å²) in [5.41, 5.74) is 0. The average molecular weight is 228 g/mol. The van der Waals surface area contributed by atoms with E-state index in [0.29, 0.717) is 5.92 Å². The Morgan fingerprint density at radius 1 is 1.38 bits per heavy atom. The average Bonchev–Trinajstić information content (AvgIpc) is 2.64. The number of hydrogen-bond donors (Lipinski definition) is 3. The summed E-state index contributed by atoms with van der Waals surface area (Å²) in [6.45, 7) is 2.32. The van der Waals surface area contributed by atoms with Gasteiger partial charge in [-0.3, -0.25) is 4.79 Å². The molecule has 0 aliphatic heterocycles. The molecule has 0 aromatic carbocycles. The zero-order valence-corrected chi connectivity index (χ0v) is 9.66. The number of carboxylic acid groups (broad SMARTS) is 1. The van der Waals surface area contributed by atoms with E-state index < -0.39 is 5.97 Å². The van der Waals surface area contributed by atoms with Crippen LogP contribution < -0.4 is 10.6 Å². The summed E-state index contributed by atoms with van der Waals surface area (Å²) in [5.74, 6) is -0.321. The molecule has 3 N–H and O–H groups in total. The van der Waals surface area contributed by atoms with Crippen molar-refractivity contribution in [2.24, 2.45) is 5.92 Å². The van der Waals surface area contributed by atoms with Crippen molar-refractivity contribution in [2.75, 3.05) is 6.54 Å². The molecule has 2 unspecified atom stereocenters. The topological polar surface area (TPSA) is 78.4 Å². The summed E-state index contributed by atoms with van der Waals surface area (Å²) in [4.78, 5) is 21.7. The van der Waals surface area contributed by atoms with Gasteiger partial charge in [0.1, 0.15) is 0 Å². The highest BCUT2D eigenvalue weighted by atomic mass is 16.4. The fourth-order valence-electron chi connectivity index (χ4n) is 2.22. The molecule has 5 nitrogen and oxygen atoms in total. The van der Waals surface area contributed by atoms with Crippen LogP contribution in [0, 0.1) is 5.92 Å². The summed E-state index contributed by atoms with van der Waals surface area (Å²) < 4.78 is 0. The predicted octanol–water partition coefficient (Wildman–Crippen LogP) is 1.34. The van der Waals surface area contributed by atoms with Gasteiger partial charge in [-0.25, -0.2) is 4.79 Å². The number of carbonyl (C=O) groups is 2. The number of aliphatic carboxylic acids is 1. The summed E-state index contributed by atoms with van der Waals surface area (Å²) in [5, 5.41) is 13.9. The molecule has 2 atom stereocenters. The van der Waals surface area contributed by atoms with Gasteiger partial charge in [0.05, 0.1) is 6.42 Å². The van der Waals surface area contributed by atoms with Gasteiger partial charge < -0.3 is 15.7 Å². The number of urea groups is 1. The third-order valence-electron chi connectivity index (χ3n) is 3.12. The van der Waals surface area contributed by atoms with Gasteiger partial charge in [0.15, 0.2) is 0 Å². The van der Waals surface area contributed by atoms with Crippen LogP contribution in [-0.2, 0) is 4.79 Å². The predicted molar refractivity (Wildman–Crippen MR) is 60.2 cm³/mol. The molecule has 0 saturated heterocycles. The summed E-state index contributed by atoms with van der Waals surface area (Å²) >= 11 is 0. The van der Waals surface area contributed by atoms with Gasteiger partial charge in [0.2, 0.25) is 0 Å². The molecule has 92 valence electrons. The minimum atomic E-state index is -0.896. The second-order valence-electron chi connectivity index (χ2n) is 4.25. The Bertz CT molecular complexity index is 256. The van der Waals surface area contributed by atoms with E-state index in [4.69, 9.17) is 5.11 Å². The normalized spacial score (nSPS) is 24.1. The maximum atomic E-state index is 11.4. The first-order valence-corrected chi connectivity index (χ1v) is 5.89. The van der Waals surface area contributed by atoms with Crippen molar-refractivity contribution in [3.05, 3.63) is 0 Å². The van der Waals surface area contributed by atoms with Gasteiger partial charge in [-0.1, -0.05) is 19.8 Å². The molecule has 5 heteroatoms. The van der Waals surface area contributed by atoms with Crippen LogP contribution >= 0.6 is 0 Å². The molecule has 0 heterocycles. The minimum Gasteiger partial charge on any atom is -0.481 e. The Hall–Kier alpha value is -1.26. The van der Waals surface area contributed by atoms with Crippen LogP contribution in [0.4, 0.5) is 4.79 Å². The monoisotopic (exact) mass is 228 g/mol. The summed E-state index contributed by atoms with van der Waals surface area (Å²) in [6.07, 6.45) is 4.43. The van der Waals surface area contributed by atoms with Crippen molar-refractivity contribution >= 4 is 12.0 Å². The molecule has 2 amide bonds. The van der Waals surface area contributed by atoms with E-state index in [1.807, 2.05) is 0 Å². The van der Waals surface area contributed by atoms with Crippen LogP contribution in [-0.4, -0.2) is 29.7 Å². The van der Waals surface area contributed by atoms with Crippen molar-refractivity contribution in [3.8, 4) is 0 Å². The molecule has 0 aromatic heterocycles. The molecule has 1 aliphatic rings. The Morgan fingerprint density at radius 3 is 2.75 bits per heavy atom. The Labute approximate surface area is 95.6 Å². The third kappa shape index (κ3) is 4.08. The molecular weight excluding hydrogens is 208 g/mol. The van der Waals surface area contributed by atoms with Crippen molar-refractivity contribution < 1.29 is 14.7 Å². The standard InChI is InChI=1S/C11H20N2O3/c1-2-8-4-3-5-9(8)13-11(16)12-7-6-10(14)15/h8-9H,2-7H2,1H3,(H,14,15)(H2,12,13,16). The first-order valence-electron chi connectivity index (χ1n) is 5.89. The number of carboxylic acids is 1. The third-order valence-corrected chi connectivity index (χ3v) is 3.12. The second-order valence-corrected chi connectivity index (χ2v) is 4.25. The lowest BCUT2D eigenvalue weighted by Gasteiger charge is -2.19. The Balaban J connectivity index is 2.20. The number of hydrogen-bond acceptors (Lipinski definition) is 2. The highest BCUT2D eigenvalue weighted by Crippen LogP contribution is 2.27. The van der Waals surface area contributed by atoms with E-state index in [0.717, 1.165) is 12.8 Å². The van der Waals surface area contributed by atoms with Crippen LogP contribution in [0.5, 0.6) is 0 Å². The van der Waals surface area contributed by atoms with Gasteiger partial charge in [-0.15, -0.1) is 0 Å². The highest BCUT2D eigenvalue weighted by Gasteiger charge is 2.26. The first kappa shape index (κ1) is 12.8. The lowest BCUT2D eigenvalue weighted by atomic mass is 10.0. The zero-order valence-electron chi connectivity index (χ0n) is 9.66. The molecular formula is C11H20N2O3. The van der Waals surface area contributed by atoms with E-state index in [1.165, 1.54) is 12.8 Å². The molecule has 1 aliphatic carbocycles. The molecule has 0 radical (unpaired) electrons. The molecule has 16 heavy (non-hydrogen) atoms. The molecule has 0 spiro atoms. The zero-order chi connectivity index (χ0) is 12.0. The molecule has 0 aromatic rings. The van der Waals surface area contributed by atoms with Crippen LogP contribution in [0.1, 0.15) is 39.0 Å². The van der Waals surface area contributed by atoms with Crippen molar-refractivity contribution in [2.45, 2.75) is 45.1 Å². The van der Waals surface area contributed by atoms with E-state index in [-0.39, 0.29) is 25.0 Å². The van der Waals surface area contributed by atoms with Gasteiger partial charge in [-0.05, 0) is 18.8 Å². The number of amides is 2. The van der Waals surface area contributed by atoms with Gasteiger partial charge >= 0.3 is 12.0 Å². The quantitative estimate of drug-likeness (QED) is 0.664. The van der Waals surface area contributed by atoms with Crippen LogP contribution in [0.2, 0.25) is 0 Å². The summed E-state index contributed by atoms with van der Waals surface area (Å²) in [7, 11) is 0. The molecule has 1 fully saturated rings. The van der Waals surface area contributed by atoms with Crippen molar-refractivity contribution in [1.82, 2.24) is 10.6 Å². The van der Waals surface area contributed by atoms with E-state index in [9.17, 15) is 9.59 Å². The van der Waals surface area contributed by atoms with Crippen LogP contribution in [0.3, 0.4) is 0 Å². The SMILES string of the molecule is CCC1CCCC1NC(=O)NCCC(=O)O. The van der Waals surface area contributed by atoms with Crippen molar-refractivity contribution in [1.29, 1.82) is 0 Å². The lowest BCUT2D eigenvalue weighted by Crippen LogP contribution is -2.44. The summed E-state index contributed by atoms with van der Waals surface area (Å²) in [6, 6.07) is 0.0152. The second kappa shape index (κ2) is 6.35. The van der Waals surface area contributed by atoms with Gasteiger partial charge in [0, 0.05) is 12.6 Å². The highest BCUT2D eigenvalue weighted by molar-refractivity contribution is 5.75. The van der Waals surface area contributed by atoms with Gasteiger partial charge in [-0.2, -0.15) is 0 Å². The molecule has 1 saturated carbocycles. The Morgan fingerprint density at radius 2 is 2.12 bits per heavy atom. The van der Waals surface area contributed by atoms with Crippen LogP contribution in [0.15, 0.2) is 0 Å². The van der Waals surface area contributed by atoms with Crippen LogP contribution in [0.25, 0.3) is 0 Å². The number of nitrogens with one attached hydrogen (secondary N) is 2. The van der Waals surface area contributed by atoms with E-state index in [1.54, 1.807) is 0 Å². The number of rotatable bonds is 5. The van der Waals surface area contributed by atoms with Crippen molar-refractivity contribution in [3.63, 3.8) is 0 Å². The Kier molecular flexibility index (Phi) is 5.08. The maximum absolute atomic E-state index is 11.4. The first-order chi connectivity index (χ1) is 7.63. The fraction of sp³-hybridized carbons (Fsp3) is 0.818. The van der Waals surface area contributed by atoms with Gasteiger partial charge in [0.25, 0.3) is 0 Å².